The average molecular weight is 338 g/mol. The van der Waals surface area contributed by atoms with Gasteiger partial charge in [0.2, 0.25) is 5.95 Å². The number of rotatable bonds is 4. The van der Waals surface area contributed by atoms with E-state index in [-0.39, 0.29) is 28.3 Å². The summed E-state index contributed by atoms with van der Waals surface area (Å²) in [7, 11) is -3.71. The summed E-state index contributed by atoms with van der Waals surface area (Å²) in [4.78, 5) is 17.3. The Balaban J connectivity index is 2.13. The molecule has 0 fully saturated rings. The predicted octanol–water partition coefficient (Wildman–Crippen LogP) is 1.38. The van der Waals surface area contributed by atoms with Gasteiger partial charge in [-0.15, -0.1) is 0 Å². The highest BCUT2D eigenvalue weighted by Gasteiger charge is 2.20. The summed E-state index contributed by atoms with van der Waals surface area (Å²) in [6.45, 7) is 1.42. The van der Waals surface area contributed by atoms with Crippen LogP contribution in [-0.4, -0.2) is 45.0 Å². The number of imidazole rings is 1. The third kappa shape index (κ3) is 2.57. The minimum Gasteiger partial charge on any atom is -0.478 e. The van der Waals surface area contributed by atoms with Crippen LogP contribution < -0.4 is 0 Å². The van der Waals surface area contributed by atoms with Crippen molar-refractivity contribution in [1.82, 2.24) is 19.7 Å². The Morgan fingerprint density at radius 1 is 1.43 bits per heavy atom. The number of nitrogens with one attached hydrogen (secondary N) is 1. The molecule has 120 valence electrons. The van der Waals surface area contributed by atoms with E-state index in [2.05, 4.69) is 15.1 Å². The molecule has 0 saturated carbocycles. The van der Waals surface area contributed by atoms with Gasteiger partial charge in [0.25, 0.3) is 0 Å². The lowest BCUT2D eigenvalue weighted by atomic mass is 10.3. The van der Waals surface area contributed by atoms with Gasteiger partial charge in [-0.1, -0.05) is 6.92 Å². The first kappa shape index (κ1) is 15.2. The second-order valence-corrected chi connectivity index (χ2v) is 6.99. The molecule has 0 bridgehead atoms. The second kappa shape index (κ2) is 5.16. The van der Waals surface area contributed by atoms with Crippen LogP contribution in [0.1, 0.15) is 17.3 Å². The van der Waals surface area contributed by atoms with Crippen LogP contribution in [0, 0.1) is 5.82 Å². The van der Waals surface area contributed by atoms with E-state index in [1.165, 1.54) is 17.8 Å². The smallest absolute Gasteiger partial charge is 0.338 e. The Morgan fingerprint density at radius 3 is 2.78 bits per heavy atom. The SMILES string of the molecule is CCS(=O)(=O)c1cc2nc(-n3cc(C(=O)O)cn3)[nH]c2cc1F. The van der Waals surface area contributed by atoms with Gasteiger partial charge in [-0.2, -0.15) is 5.10 Å². The minimum atomic E-state index is -3.71. The highest BCUT2D eigenvalue weighted by atomic mass is 32.2. The lowest BCUT2D eigenvalue weighted by Crippen LogP contribution is -2.06. The van der Waals surface area contributed by atoms with E-state index in [0.29, 0.717) is 0 Å². The van der Waals surface area contributed by atoms with E-state index in [9.17, 15) is 17.6 Å². The van der Waals surface area contributed by atoms with Crippen LogP contribution in [0.3, 0.4) is 0 Å². The van der Waals surface area contributed by atoms with E-state index >= 15 is 0 Å². The first-order valence-electron chi connectivity index (χ1n) is 6.52. The number of carboxylic acids is 1. The van der Waals surface area contributed by atoms with Crippen LogP contribution in [0.5, 0.6) is 0 Å². The number of aromatic carboxylic acids is 1. The van der Waals surface area contributed by atoms with E-state index < -0.39 is 26.5 Å². The van der Waals surface area contributed by atoms with E-state index in [4.69, 9.17) is 5.11 Å². The van der Waals surface area contributed by atoms with Crippen molar-refractivity contribution in [2.24, 2.45) is 0 Å². The molecule has 0 amide bonds. The molecule has 0 unspecified atom stereocenters. The molecule has 0 aliphatic rings. The number of aromatic amines is 1. The quantitative estimate of drug-likeness (QED) is 0.742. The van der Waals surface area contributed by atoms with Gasteiger partial charge in [0.05, 0.1) is 28.5 Å². The van der Waals surface area contributed by atoms with Gasteiger partial charge >= 0.3 is 5.97 Å². The standard InChI is InChI=1S/C13H11FN4O4S/c1-2-23(21,22)11-4-10-9(3-8(11)14)16-13(17-10)18-6-7(5-15-18)12(19)20/h3-6H,2H2,1H3,(H,16,17)(H,19,20). The Bertz CT molecular complexity index is 1020. The van der Waals surface area contributed by atoms with Crippen LogP contribution >= 0.6 is 0 Å². The van der Waals surface area contributed by atoms with Gasteiger partial charge in [-0.3, -0.25) is 0 Å². The molecule has 23 heavy (non-hydrogen) atoms. The van der Waals surface area contributed by atoms with Crippen molar-refractivity contribution >= 4 is 26.8 Å². The molecule has 2 heterocycles. The van der Waals surface area contributed by atoms with Crippen molar-refractivity contribution < 1.29 is 22.7 Å². The monoisotopic (exact) mass is 338 g/mol. The summed E-state index contributed by atoms with van der Waals surface area (Å²) in [5, 5.41) is 12.7. The number of hydrogen-bond acceptors (Lipinski definition) is 5. The number of sulfone groups is 1. The van der Waals surface area contributed by atoms with Crippen molar-refractivity contribution in [2.45, 2.75) is 11.8 Å². The molecule has 2 aromatic heterocycles. The number of fused-ring (bicyclic) bond motifs is 1. The zero-order valence-corrected chi connectivity index (χ0v) is 12.6. The fraction of sp³-hybridized carbons (Fsp3) is 0.154. The number of halogens is 1. The summed E-state index contributed by atoms with van der Waals surface area (Å²) in [6, 6.07) is 2.18. The zero-order chi connectivity index (χ0) is 16.8. The number of hydrogen-bond donors (Lipinski definition) is 2. The lowest BCUT2D eigenvalue weighted by Gasteiger charge is -2.02. The van der Waals surface area contributed by atoms with Crippen LogP contribution in [0.2, 0.25) is 0 Å². The zero-order valence-electron chi connectivity index (χ0n) is 11.8. The van der Waals surface area contributed by atoms with Crippen molar-refractivity contribution in [1.29, 1.82) is 0 Å². The third-order valence-electron chi connectivity index (χ3n) is 3.28. The summed E-state index contributed by atoms with van der Waals surface area (Å²) >= 11 is 0. The number of benzene rings is 1. The minimum absolute atomic E-state index is 0.0362. The van der Waals surface area contributed by atoms with Crippen LogP contribution in [0.25, 0.3) is 17.0 Å². The van der Waals surface area contributed by atoms with Crippen LogP contribution in [0.15, 0.2) is 29.4 Å². The molecule has 0 aliphatic heterocycles. The summed E-state index contributed by atoms with van der Waals surface area (Å²) in [5.74, 6) is -2.10. The van der Waals surface area contributed by atoms with Crippen molar-refractivity contribution in [3.05, 3.63) is 35.9 Å². The van der Waals surface area contributed by atoms with Gasteiger partial charge in [-0.05, 0) is 6.07 Å². The van der Waals surface area contributed by atoms with Gasteiger partial charge in [0, 0.05) is 12.3 Å². The summed E-state index contributed by atoms with van der Waals surface area (Å²) < 4.78 is 38.9. The average Bonchev–Trinajstić information content (AvgIpc) is 3.12. The molecule has 0 aliphatic carbocycles. The fourth-order valence-corrected chi connectivity index (χ4v) is 3.01. The number of carbonyl (C=O) groups is 1. The number of aromatic nitrogens is 4. The van der Waals surface area contributed by atoms with Crippen molar-refractivity contribution in [3.63, 3.8) is 0 Å². The highest BCUT2D eigenvalue weighted by molar-refractivity contribution is 7.91. The summed E-state index contributed by atoms with van der Waals surface area (Å²) in [5.41, 5.74) is 0.478. The van der Waals surface area contributed by atoms with E-state index in [0.717, 1.165) is 18.3 Å². The Labute approximate surface area is 129 Å². The molecule has 3 aromatic rings. The normalized spacial score (nSPS) is 11.9. The number of carboxylic acid groups (broad SMARTS) is 1. The maximum absolute atomic E-state index is 14.0. The third-order valence-corrected chi connectivity index (χ3v) is 5.03. The molecule has 3 rings (SSSR count). The molecule has 1 aromatic carbocycles. The van der Waals surface area contributed by atoms with Crippen molar-refractivity contribution in [2.75, 3.05) is 5.75 Å². The fourth-order valence-electron chi connectivity index (χ4n) is 2.05. The van der Waals surface area contributed by atoms with Crippen molar-refractivity contribution in [3.8, 4) is 5.95 Å². The highest BCUT2D eigenvalue weighted by Crippen LogP contribution is 2.23. The Hall–Kier alpha value is -2.75. The first-order chi connectivity index (χ1) is 10.8. The molecule has 2 N–H and O–H groups in total. The van der Waals surface area contributed by atoms with E-state index in [1.54, 1.807) is 0 Å². The van der Waals surface area contributed by atoms with Gasteiger partial charge < -0.3 is 10.1 Å². The van der Waals surface area contributed by atoms with E-state index in [1.807, 2.05) is 0 Å². The first-order valence-corrected chi connectivity index (χ1v) is 8.17. The Morgan fingerprint density at radius 2 is 2.17 bits per heavy atom. The molecular formula is C13H11FN4O4S. The van der Waals surface area contributed by atoms with Crippen LogP contribution in [-0.2, 0) is 9.84 Å². The predicted molar refractivity (Wildman–Crippen MR) is 77.9 cm³/mol. The maximum Gasteiger partial charge on any atom is 0.338 e. The van der Waals surface area contributed by atoms with Crippen LogP contribution in [0.4, 0.5) is 4.39 Å². The number of nitrogens with zero attached hydrogens (tertiary/aromatic N) is 3. The Kier molecular flexibility index (Phi) is 3.40. The molecular weight excluding hydrogens is 327 g/mol. The van der Waals surface area contributed by atoms with Gasteiger partial charge in [0.1, 0.15) is 10.7 Å². The van der Waals surface area contributed by atoms with Gasteiger partial charge in [0.15, 0.2) is 9.84 Å². The number of H-pyrrole nitrogens is 1. The summed E-state index contributed by atoms with van der Waals surface area (Å²) in [6.07, 6.45) is 2.38. The molecule has 8 nitrogen and oxygen atoms in total. The maximum atomic E-state index is 14.0. The molecule has 0 atom stereocenters. The second-order valence-electron chi connectivity index (χ2n) is 4.74. The largest absolute Gasteiger partial charge is 0.478 e. The lowest BCUT2D eigenvalue weighted by molar-refractivity contribution is 0.0697. The molecule has 10 heteroatoms. The molecule has 0 spiro atoms. The molecule has 0 radical (unpaired) electrons. The molecule has 0 saturated heterocycles. The van der Waals surface area contributed by atoms with Gasteiger partial charge in [-0.25, -0.2) is 27.3 Å². The topological polar surface area (TPSA) is 118 Å².